The Morgan fingerprint density at radius 3 is 1.81 bits per heavy atom. The van der Waals surface area contributed by atoms with Crippen LogP contribution in [-0.4, -0.2) is 29.0 Å². The van der Waals surface area contributed by atoms with Gasteiger partial charge in [-0.3, -0.25) is 4.57 Å². The summed E-state index contributed by atoms with van der Waals surface area (Å²) in [7, 11) is -8.80. The molecule has 0 unspecified atom stereocenters. The Morgan fingerprint density at radius 2 is 1.41 bits per heavy atom. The molecule has 0 saturated heterocycles. The van der Waals surface area contributed by atoms with Crippen LogP contribution in [0.25, 0.3) is 0 Å². The van der Waals surface area contributed by atoms with Crippen LogP contribution in [0.2, 0.25) is 0 Å². The van der Waals surface area contributed by atoms with E-state index in [1.807, 2.05) is 4.72 Å². The zero-order valence-electron chi connectivity index (χ0n) is 16.7. The van der Waals surface area contributed by atoms with E-state index in [0.717, 1.165) is 0 Å². The second-order valence-corrected chi connectivity index (χ2v) is 12.3. The first-order chi connectivity index (χ1) is 11.8. The lowest BCUT2D eigenvalue weighted by Gasteiger charge is -2.49. The Bertz CT molecular complexity index is 848. The Balaban J connectivity index is 3.25. The Labute approximate surface area is 161 Å². The largest absolute Gasteiger partial charge is 0.358 e. The van der Waals surface area contributed by atoms with E-state index in [-0.39, 0.29) is 5.69 Å². The molecule has 0 heterocycles. The smallest absolute Gasteiger partial charge is 0.321 e. The minimum absolute atomic E-state index is 0.160. The van der Waals surface area contributed by atoms with E-state index in [2.05, 4.69) is 5.32 Å². The second kappa shape index (κ2) is 7.20. The van der Waals surface area contributed by atoms with Gasteiger partial charge in [-0.1, -0.05) is 53.7 Å². The summed E-state index contributed by atoms with van der Waals surface area (Å²) in [5, 5.41) is 1.83. The predicted molar refractivity (Wildman–Crippen MR) is 107 cm³/mol. The summed E-state index contributed by atoms with van der Waals surface area (Å²) in [6, 6.07) is 4.24. The number of urea groups is 1. The van der Waals surface area contributed by atoms with Crippen LogP contribution in [0.4, 0.5) is 10.5 Å². The van der Waals surface area contributed by atoms with E-state index in [1.165, 1.54) is 24.3 Å². The average Bonchev–Trinajstić information content (AvgIpc) is 2.42. The fraction of sp³-hybridized carbons (Fsp3) is 0.588. The average molecular weight is 420 g/mol. The number of amides is 2. The third-order valence-electron chi connectivity index (χ3n) is 5.09. The van der Waals surface area contributed by atoms with Crippen molar-refractivity contribution in [3.8, 4) is 0 Å². The number of benzene rings is 1. The second-order valence-electron chi connectivity index (χ2n) is 8.65. The molecular formula is C17H29N2O6PS. The Kier molecular flexibility index (Phi) is 6.30. The molecule has 0 aromatic heterocycles. The summed E-state index contributed by atoms with van der Waals surface area (Å²) >= 11 is 0. The van der Waals surface area contributed by atoms with Gasteiger partial charge in [-0.25, -0.2) is 17.9 Å². The van der Waals surface area contributed by atoms with Crippen molar-refractivity contribution in [1.29, 1.82) is 0 Å². The normalized spacial score (nSPS) is 14.0. The number of hydrogen-bond acceptors (Lipinski definition) is 4. The van der Waals surface area contributed by atoms with Gasteiger partial charge in [0.1, 0.15) is 0 Å². The van der Waals surface area contributed by atoms with Gasteiger partial charge in [0.25, 0.3) is 0 Å². The van der Waals surface area contributed by atoms with Crippen LogP contribution in [-0.2, 0) is 14.6 Å². The van der Waals surface area contributed by atoms with Gasteiger partial charge in [0.15, 0.2) is 0 Å². The molecule has 27 heavy (non-hydrogen) atoms. The zero-order valence-corrected chi connectivity index (χ0v) is 18.4. The molecule has 0 aliphatic rings. The van der Waals surface area contributed by atoms with Crippen molar-refractivity contribution in [1.82, 2.24) is 4.72 Å². The highest BCUT2D eigenvalue weighted by Gasteiger charge is 2.57. The molecule has 10 heteroatoms. The maximum Gasteiger partial charge on any atom is 0.358 e. The number of anilines is 1. The predicted octanol–water partition coefficient (Wildman–Crippen LogP) is 2.79. The van der Waals surface area contributed by atoms with Crippen molar-refractivity contribution in [2.24, 2.45) is 10.8 Å². The minimum atomic E-state index is -4.64. The molecule has 0 atom stereocenters. The fourth-order valence-corrected chi connectivity index (χ4v) is 5.97. The minimum Gasteiger partial charge on any atom is -0.321 e. The molecular weight excluding hydrogens is 391 g/mol. The van der Waals surface area contributed by atoms with Gasteiger partial charge in [0.05, 0.1) is 15.7 Å². The van der Waals surface area contributed by atoms with Crippen LogP contribution in [0.3, 0.4) is 0 Å². The molecule has 154 valence electrons. The first-order valence-corrected chi connectivity index (χ1v) is 11.4. The molecule has 0 bridgehead atoms. The summed E-state index contributed by atoms with van der Waals surface area (Å²) in [5.41, 5.74) is -1.57. The van der Waals surface area contributed by atoms with Crippen LogP contribution in [0.5, 0.6) is 0 Å². The number of rotatable bonds is 4. The summed E-state index contributed by atoms with van der Waals surface area (Å²) < 4.78 is 38.4. The van der Waals surface area contributed by atoms with Crippen LogP contribution >= 0.6 is 7.60 Å². The zero-order chi connectivity index (χ0) is 21.5. The van der Waals surface area contributed by atoms with Gasteiger partial charge in [-0.2, -0.15) is 0 Å². The molecule has 0 saturated carbocycles. The number of para-hydroxylation sites is 1. The van der Waals surface area contributed by atoms with Gasteiger partial charge in [-0.15, -0.1) is 0 Å². The van der Waals surface area contributed by atoms with Crippen LogP contribution < -0.4 is 15.3 Å². The topological polar surface area (TPSA) is 133 Å². The van der Waals surface area contributed by atoms with Crippen LogP contribution in [0.15, 0.2) is 24.3 Å². The summed E-state index contributed by atoms with van der Waals surface area (Å²) in [4.78, 5) is 31.1. The molecule has 1 aromatic rings. The number of nitrogens with one attached hydrogen (secondary N) is 2. The van der Waals surface area contributed by atoms with Crippen LogP contribution in [0.1, 0.15) is 48.5 Å². The Hall–Kier alpha value is -1.41. The van der Waals surface area contributed by atoms with Crippen molar-refractivity contribution >= 4 is 34.6 Å². The number of carbonyl (C=O) groups is 1. The highest BCUT2D eigenvalue weighted by atomic mass is 32.2. The maximum absolute atomic E-state index is 13.1. The quantitative estimate of drug-likeness (QED) is 0.554. The van der Waals surface area contributed by atoms with E-state index in [4.69, 9.17) is 0 Å². The van der Waals surface area contributed by atoms with E-state index >= 15 is 0 Å². The molecule has 0 fully saturated rings. The van der Waals surface area contributed by atoms with Crippen LogP contribution in [0, 0.1) is 10.8 Å². The highest BCUT2D eigenvalue weighted by molar-refractivity contribution is 7.91. The Morgan fingerprint density at radius 1 is 0.963 bits per heavy atom. The molecule has 0 aliphatic heterocycles. The third-order valence-corrected chi connectivity index (χ3v) is 8.86. The van der Waals surface area contributed by atoms with E-state index in [1.54, 1.807) is 48.5 Å². The van der Waals surface area contributed by atoms with Gasteiger partial charge in [0.2, 0.25) is 10.0 Å². The number of carbonyl (C=O) groups excluding carboxylic acids is 1. The lowest BCUT2D eigenvalue weighted by molar-refractivity contribution is 0.146. The lowest BCUT2D eigenvalue weighted by Crippen LogP contribution is -2.61. The number of hydrogen-bond donors (Lipinski definition) is 4. The van der Waals surface area contributed by atoms with Gasteiger partial charge >= 0.3 is 13.6 Å². The van der Waals surface area contributed by atoms with Crippen molar-refractivity contribution in [2.75, 3.05) is 5.32 Å². The molecule has 2 amide bonds. The molecule has 1 aromatic carbocycles. The van der Waals surface area contributed by atoms with Gasteiger partial charge in [-0.05, 0) is 29.9 Å². The molecule has 1 rings (SSSR count). The van der Waals surface area contributed by atoms with Gasteiger partial charge < -0.3 is 15.1 Å². The van der Waals surface area contributed by atoms with Gasteiger partial charge in [0, 0.05) is 0 Å². The van der Waals surface area contributed by atoms with E-state index < -0.39 is 44.5 Å². The first kappa shape index (κ1) is 23.6. The van der Waals surface area contributed by atoms with Crippen molar-refractivity contribution in [3.63, 3.8) is 0 Å². The highest BCUT2D eigenvalue weighted by Crippen LogP contribution is 2.49. The standard InChI is InChI=1S/C17H29N2O6PS/c1-15(2,3)17(7,16(4,5)6)27(24,25)19-14(20)18-12-10-8-9-11-13(12)26(21,22)23/h8-11H,1-7H3,(H2,18,19,20)(H2,21,22,23). The summed E-state index contributed by atoms with van der Waals surface area (Å²) in [5.74, 6) is 0. The monoisotopic (exact) mass is 420 g/mol. The molecule has 0 radical (unpaired) electrons. The third kappa shape index (κ3) is 4.71. The van der Waals surface area contributed by atoms with Crippen molar-refractivity contribution in [2.45, 2.75) is 53.2 Å². The van der Waals surface area contributed by atoms with Crippen molar-refractivity contribution < 1.29 is 27.6 Å². The molecule has 8 nitrogen and oxygen atoms in total. The first-order valence-electron chi connectivity index (χ1n) is 8.33. The van der Waals surface area contributed by atoms with E-state index in [0.29, 0.717) is 0 Å². The summed E-state index contributed by atoms with van der Waals surface area (Å²) in [6.07, 6.45) is 0. The molecule has 0 spiro atoms. The maximum atomic E-state index is 13.1. The fourth-order valence-electron chi connectivity index (χ4n) is 3.14. The molecule has 4 N–H and O–H groups in total. The van der Waals surface area contributed by atoms with Crippen molar-refractivity contribution in [3.05, 3.63) is 24.3 Å². The SMILES string of the molecule is CC(C)(C)C(C)(C(C)(C)C)S(=O)(=O)NC(=O)Nc1ccccc1P(=O)(O)O. The van der Waals surface area contributed by atoms with E-state index in [9.17, 15) is 27.6 Å². The summed E-state index contributed by atoms with van der Waals surface area (Å²) in [6.45, 7) is 12.2. The number of sulfonamides is 1. The molecule has 0 aliphatic carbocycles. The lowest BCUT2D eigenvalue weighted by atomic mass is 9.67.